The van der Waals surface area contributed by atoms with E-state index in [1.165, 1.54) is 16.7 Å². The number of aryl methyl sites for hydroxylation is 2. The van der Waals surface area contributed by atoms with Crippen LogP contribution in [0.3, 0.4) is 0 Å². The summed E-state index contributed by atoms with van der Waals surface area (Å²) in [5.74, 6) is 0.959. The number of nitrogens with one attached hydrogen (secondary N) is 1. The van der Waals surface area contributed by atoms with Gasteiger partial charge in [-0.3, -0.25) is 4.99 Å². The molecule has 1 aromatic rings. The zero-order valence-corrected chi connectivity index (χ0v) is 16.2. The molecule has 1 aliphatic heterocycles. The maximum absolute atomic E-state index is 12.1. The lowest BCUT2D eigenvalue weighted by Crippen LogP contribution is -2.57. The molecule has 2 rings (SSSR count). The van der Waals surface area contributed by atoms with Crippen LogP contribution in [0.1, 0.15) is 30.5 Å². The number of hydrogen-bond acceptors (Lipinski definition) is 3. The summed E-state index contributed by atoms with van der Waals surface area (Å²) in [6.45, 7) is 9.56. The van der Waals surface area contributed by atoms with Crippen molar-refractivity contribution in [3.05, 3.63) is 34.9 Å². The maximum Gasteiger partial charge on any atom is 0.193 e. The molecule has 0 aliphatic carbocycles. The fourth-order valence-electron chi connectivity index (χ4n) is 3.09. The van der Waals surface area contributed by atoms with E-state index in [9.17, 15) is 8.42 Å². The lowest BCUT2D eigenvalue weighted by atomic mass is 10.0. The minimum Gasteiger partial charge on any atom is -0.356 e. The van der Waals surface area contributed by atoms with Gasteiger partial charge in [-0.25, -0.2) is 8.42 Å². The quantitative estimate of drug-likeness (QED) is 0.668. The molecule has 24 heavy (non-hydrogen) atoms. The first-order valence-electron chi connectivity index (χ1n) is 8.40. The van der Waals surface area contributed by atoms with E-state index in [4.69, 9.17) is 0 Å². The molecule has 0 unspecified atom stereocenters. The van der Waals surface area contributed by atoms with E-state index in [-0.39, 0.29) is 5.75 Å². The van der Waals surface area contributed by atoms with Gasteiger partial charge in [-0.1, -0.05) is 23.8 Å². The van der Waals surface area contributed by atoms with Crippen LogP contribution in [-0.2, 0) is 16.3 Å². The number of nitrogens with zero attached hydrogens (tertiary/aromatic N) is 2. The van der Waals surface area contributed by atoms with Crippen LogP contribution >= 0.6 is 0 Å². The summed E-state index contributed by atoms with van der Waals surface area (Å²) in [6.07, 6.45) is 0.917. The highest BCUT2D eigenvalue weighted by Gasteiger charge is 2.40. The van der Waals surface area contributed by atoms with Crippen LogP contribution < -0.4 is 5.32 Å². The van der Waals surface area contributed by atoms with Gasteiger partial charge in [-0.15, -0.1) is 0 Å². The van der Waals surface area contributed by atoms with E-state index >= 15 is 0 Å². The second-order valence-electron chi connectivity index (χ2n) is 7.15. The van der Waals surface area contributed by atoms with Gasteiger partial charge in [0.15, 0.2) is 15.8 Å². The molecule has 0 spiro atoms. The molecule has 0 radical (unpaired) electrons. The van der Waals surface area contributed by atoms with E-state index in [1.54, 1.807) is 20.9 Å². The van der Waals surface area contributed by atoms with Crippen molar-refractivity contribution in [2.45, 2.75) is 38.9 Å². The summed E-state index contributed by atoms with van der Waals surface area (Å²) in [5, 5.41) is 3.38. The minimum atomic E-state index is -3.03. The van der Waals surface area contributed by atoms with Crippen LogP contribution in [0.15, 0.2) is 23.2 Å². The second kappa shape index (κ2) is 7.13. The molecule has 1 aliphatic rings. The van der Waals surface area contributed by atoms with Gasteiger partial charge < -0.3 is 10.2 Å². The van der Waals surface area contributed by atoms with Crippen molar-refractivity contribution in [3.8, 4) is 0 Å². The third kappa shape index (κ3) is 4.09. The zero-order valence-electron chi connectivity index (χ0n) is 15.4. The Morgan fingerprint density at radius 1 is 1.33 bits per heavy atom. The largest absolute Gasteiger partial charge is 0.356 e. The molecular weight excluding hydrogens is 322 g/mol. The third-order valence-electron chi connectivity index (χ3n) is 4.73. The van der Waals surface area contributed by atoms with Crippen LogP contribution in [0.25, 0.3) is 0 Å². The molecule has 6 heteroatoms. The van der Waals surface area contributed by atoms with Crippen LogP contribution in [-0.4, -0.2) is 56.5 Å². The van der Waals surface area contributed by atoms with Crippen LogP contribution in [0.2, 0.25) is 0 Å². The summed E-state index contributed by atoms with van der Waals surface area (Å²) < 4.78 is 23.5. The molecule has 1 heterocycles. The summed E-state index contributed by atoms with van der Waals surface area (Å²) >= 11 is 0. The Labute approximate surface area is 146 Å². The third-order valence-corrected chi connectivity index (χ3v) is 7.26. The van der Waals surface area contributed by atoms with Crippen LogP contribution in [0.5, 0.6) is 0 Å². The van der Waals surface area contributed by atoms with Gasteiger partial charge in [0.25, 0.3) is 0 Å². The highest BCUT2D eigenvalue weighted by molar-refractivity contribution is 7.92. The van der Waals surface area contributed by atoms with Crippen LogP contribution in [0.4, 0.5) is 0 Å². The topological polar surface area (TPSA) is 61.8 Å². The highest BCUT2D eigenvalue weighted by Crippen LogP contribution is 2.23. The lowest BCUT2D eigenvalue weighted by molar-refractivity contribution is 0.353. The Bertz CT molecular complexity index is 724. The van der Waals surface area contributed by atoms with E-state index < -0.39 is 14.6 Å². The standard InChI is InChI=1S/C18H29N3O2S/c1-14-6-7-16(15(2)12-14)8-9-20-17(19-5)21-10-11-24(22,23)18(3,4)13-21/h6-7,12H,8-11,13H2,1-5H3,(H,19,20). The Kier molecular flexibility index (Phi) is 5.58. The van der Waals surface area contributed by atoms with Gasteiger partial charge in [-0.2, -0.15) is 0 Å². The van der Waals surface area contributed by atoms with Crippen molar-refractivity contribution < 1.29 is 8.42 Å². The Morgan fingerprint density at radius 2 is 2.04 bits per heavy atom. The smallest absolute Gasteiger partial charge is 0.193 e. The van der Waals surface area contributed by atoms with Gasteiger partial charge in [0.2, 0.25) is 0 Å². The fraction of sp³-hybridized carbons (Fsp3) is 0.611. The zero-order chi connectivity index (χ0) is 18.0. The van der Waals surface area contributed by atoms with E-state index in [0.717, 1.165) is 18.9 Å². The van der Waals surface area contributed by atoms with Gasteiger partial charge in [-0.05, 0) is 45.2 Å². The number of benzene rings is 1. The van der Waals surface area contributed by atoms with Crippen molar-refractivity contribution in [2.75, 3.05) is 32.4 Å². The molecule has 1 fully saturated rings. The first-order valence-corrected chi connectivity index (χ1v) is 10.1. The maximum atomic E-state index is 12.1. The van der Waals surface area contributed by atoms with Gasteiger partial charge in [0.1, 0.15) is 0 Å². The van der Waals surface area contributed by atoms with Gasteiger partial charge in [0, 0.05) is 26.7 Å². The van der Waals surface area contributed by atoms with Crippen molar-refractivity contribution >= 4 is 15.8 Å². The van der Waals surface area contributed by atoms with Gasteiger partial charge >= 0.3 is 0 Å². The summed E-state index contributed by atoms with van der Waals surface area (Å²) in [6, 6.07) is 6.50. The minimum absolute atomic E-state index is 0.178. The first-order chi connectivity index (χ1) is 11.2. The van der Waals surface area contributed by atoms with E-state index in [2.05, 4.69) is 42.4 Å². The molecule has 0 bridgehead atoms. The van der Waals surface area contributed by atoms with Gasteiger partial charge in [0.05, 0.1) is 10.5 Å². The van der Waals surface area contributed by atoms with E-state index in [0.29, 0.717) is 13.1 Å². The predicted molar refractivity (Wildman–Crippen MR) is 100 cm³/mol. The average molecular weight is 352 g/mol. The molecule has 0 aromatic heterocycles. The Balaban J connectivity index is 1.96. The van der Waals surface area contributed by atoms with Crippen molar-refractivity contribution in [1.29, 1.82) is 0 Å². The molecule has 5 nitrogen and oxygen atoms in total. The molecule has 134 valence electrons. The number of hydrogen-bond donors (Lipinski definition) is 1. The predicted octanol–water partition coefficient (Wildman–Crippen LogP) is 1.93. The molecule has 0 saturated carbocycles. The average Bonchev–Trinajstić information content (AvgIpc) is 2.49. The molecule has 0 atom stereocenters. The number of aliphatic imine (C=N–C) groups is 1. The van der Waals surface area contributed by atoms with Crippen molar-refractivity contribution in [1.82, 2.24) is 10.2 Å². The normalized spacial score (nSPS) is 20.0. The Morgan fingerprint density at radius 3 is 2.62 bits per heavy atom. The fourth-order valence-corrected chi connectivity index (χ4v) is 4.46. The SMILES string of the molecule is CN=C(NCCc1ccc(C)cc1C)N1CCS(=O)(=O)C(C)(C)C1. The van der Waals surface area contributed by atoms with E-state index in [1.807, 2.05) is 4.90 Å². The number of guanidine groups is 1. The summed E-state index contributed by atoms with van der Waals surface area (Å²) in [7, 11) is -1.29. The summed E-state index contributed by atoms with van der Waals surface area (Å²) in [4.78, 5) is 6.37. The second-order valence-corrected chi connectivity index (χ2v) is 9.90. The Hall–Kier alpha value is -1.56. The highest BCUT2D eigenvalue weighted by atomic mass is 32.2. The monoisotopic (exact) mass is 351 g/mol. The molecule has 0 amide bonds. The lowest BCUT2D eigenvalue weighted by Gasteiger charge is -2.39. The number of rotatable bonds is 3. The first kappa shape index (κ1) is 18.8. The van der Waals surface area contributed by atoms with Crippen LogP contribution in [0, 0.1) is 13.8 Å². The molecule has 1 aromatic carbocycles. The van der Waals surface area contributed by atoms with Crippen molar-refractivity contribution in [2.24, 2.45) is 4.99 Å². The molecule has 1 N–H and O–H groups in total. The molecule has 1 saturated heterocycles. The summed E-state index contributed by atoms with van der Waals surface area (Å²) in [5.41, 5.74) is 3.90. The molecular formula is C18H29N3O2S. The van der Waals surface area contributed by atoms with Crippen molar-refractivity contribution in [3.63, 3.8) is 0 Å². The number of sulfone groups is 1.